The van der Waals surface area contributed by atoms with Gasteiger partial charge < -0.3 is 18.9 Å². The molecule has 4 saturated carbocycles. The number of hydrogen-bond donors (Lipinski definition) is 0. The van der Waals surface area contributed by atoms with E-state index in [4.69, 9.17) is 18.9 Å². The first-order valence-corrected chi connectivity index (χ1v) is 26.3. The minimum atomic E-state index is 0.358. The number of hydrogen-bond acceptors (Lipinski definition) is 4. The third kappa shape index (κ3) is 14.3. The van der Waals surface area contributed by atoms with Crippen molar-refractivity contribution >= 4 is 0 Å². The molecule has 4 heteroatoms. The van der Waals surface area contributed by atoms with Crippen molar-refractivity contribution in [3.8, 4) is 56.4 Å². The van der Waals surface area contributed by atoms with Gasteiger partial charge in [0.15, 0.2) is 0 Å². The second-order valence-corrected chi connectivity index (χ2v) is 19.6. The van der Waals surface area contributed by atoms with Gasteiger partial charge in [-0.1, -0.05) is 167 Å². The van der Waals surface area contributed by atoms with E-state index in [-0.39, 0.29) is 0 Å². The Labute approximate surface area is 403 Å². The van der Waals surface area contributed by atoms with Gasteiger partial charge in [0.1, 0.15) is 23.0 Å². The standard InChI is InChI=1S/2C24H30O2.C15H16/c2*1-3-11-19(12-4-1)25-23-17-9-7-15-21(23)22-16-8-10-18-24(22)26-20-13-5-2-6-14-20;1-12(2)13-8-10-15(11-9-13)14-6-4-3-5-7-14/h2*7-10,15-20H,1-6,11-14H2;3-12H,1-2H3. The third-order valence-corrected chi connectivity index (χ3v) is 14.2. The van der Waals surface area contributed by atoms with Gasteiger partial charge in [-0.25, -0.2) is 0 Å². The fourth-order valence-corrected chi connectivity index (χ4v) is 10.3. The smallest absolute Gasteiger partial charge is 0.127 e. The average Bonchev–Trinajstić information content (AvgIpc) is 3.39. The van der Waals surface area contributed by atoms with Crippen LogP contribution >= 0.6 is 0 Å². The summed E-state index contributed by atoms with van der Waals surface area (Å²) in [7, 11) is 0. The van der Waals surface area contributed by atoms with E-state index in [9.17, 15) is 0 Å². The van der Waals surface area contributed by atoms with E-state index in [0.29, 0.717) is 30.3 Å². The molecule has 0 radical (unpaired) electrons. The first kappa shape index (κ1) is 48.0. The Kier molecular flexibility index (Phi) is 18.3. The summed E-state index contributed by atoms with van der Waals surface area (Å²) >= 11 is 0. The van der Waals surface area contributed by atoms with Gasteiger partial charge in [0.05, 0.1) is 24.4 Å². The number of benzene rings is 6. The van der Waals surface area contributed by atoms with E-state index in [1.807, 2.05) is 6.07 Å². The third-order valence-electron chi connectivity index (χ3n) is 14.2. The van der Waals surface area contributed by atoms with Crippen LogP contribution in [-0.2, 0) is 0 Å². The second kappa shape index (κ2) is 25.6. The number of rotatable bonds is 12. The Bertz CT molecular complexity index is 2080. The van der Waals surface area contributed by atoms with Crippen LogP contribution in [0.5, 0.6) is 23.0 Å². The Morgan fingerprint density at radius 3 is 0.821 bits per heavy atom. The van der Waals surface area contributed by atoms with Crippen molar-refractivity contribution in [2.24, 2.45) is 0 Å². The van der Waals surface area contributed by atoms with E-state index in [1.165, 1.54) is 145 Å². The van der Waals surface area contributed by atoms with Crippen molar-refractivity contribution in [1.29, 1.82) is 0 Å². The molecule has 67 heavy (non-hydrogen) atoms. The zero-order chi connectivity index (χ0) is 45.9. The molecule has 10 rings (SSSR count). The topological polar surface area (TPSA) is 36.9 Å². The number of para-hydroxylation sites is 4. The van der Waals surface area contributed by atoms with Gasteiger partial charge in [-0.05, 0) is 150 Å². The molecule has 4 nitrogen and oxygen atoms in total. The molecule has 6 aromatic rings. The summed E-state index contributed by atoms with van der Waals surface area (Å²) in [5, 5.41) is 0. The molecule has 6 aromatic carbocycles. The van der Waals surface area contributed by atoms with Gasteiger partial charge in [-0.15, -0.1) is 0 Å². The quantitative estimate of drug-likeness (QED) is 0.123. The number of ether oxygens (including phenoxy) is 4. The Morgan fingerprint density at radius 1 is 0.284 bits per heavy atom. The van der Waals surface area contributed by atoms with Gasteiger partial charge in [0.25, 0.3) is 0 Å². The lowest BCUT2D eigenvalue weighted by molar-refractivity contribution is 0.153. The highest BCUT2D eigenvalue weighted by Crippen LogP contribution is 2.41. The maximum absolute atomic E-state index is 6.43. The SMILES string of the molecule is CC(C)c1ccc(-c2ccccc2)cc1.c1ccc(-c2ccccc2OC2CCCCC2)c(OC2CCCCC2)c1.c1ccc(-c2ccccc2OC2CCCCC2)c(OC2CCCCC2)c1. The van der Waals surface area contributed by atoms with E-state index in [2.05, 4.69) is 159 Å². The van der Waals surface area contributed by atoms with Gasteiger partial charge in [-0.3, -0.25) is 0 Å². The largest absolute Gasteiger partial charge is 0.490 e. The molecule has 352 valence electrons. The van der Waals surface area contributed by atoms with Crippen molar-refractivity contribution in [1.82, 2.24) is 0 Å². The molecule has 0 saturated heterocycles. The van der Waals surface area contributed by atoms with Crippen molar-refractivity contribution < 1.29 is 18.9 Å². The predicted molar refractivity (Wildman–Crippen MR) is 280 cm³/mol. The summed E-state index contributed by atoms with van der Waals surface area (Å²) in [5.41, 5.74) is 8.60. The monoisotopic (exact) mass is 897 g/mol. The minimum absolute atomic E-state index is 0.358. The molecular formula is C63H76O4. The summed E-state index contributed by atoms with van der Waals surface area (Å²) in [6.45, 7) is 4.44. The first-order chi connectivity index (χ1) is 33.1. The molecule has 0 N–H and O–H groups in total. The highest BCUT2D eigenvalue weighted by atomic mass is 16.5. The summed E-state index contributed by atoms with van der Waals surface area (Å²) in [6.07, 6.45) is 26.5. The summed E-state index contributed by atoms with van der Waals surface area (Å²) in [6, 6.07) is 53.1. The molecule has 0 aliphatic heterocycles. The molecule has 0 amide bonds. The average molecular weight is 897 g/mol. The molecule has 0 bridgehead atoms. The van der Waals surface area contributed by atoms with Crippen LogP contribution in [0.2, 0.25) is 0 Å². The Morgan fingerprint density at radius 2 is 0.537 bits per heavy atom. The van der Waals surface area contributed by atoms with Gasteiger partial charge >= 0.3 is 0 Å². The normalized spacial score (nSPS) is 17.3. The molecular weight excluding hydrogens is 821 g/mol. The van der Waals surface area contributed by atoms with Crippen LogP contribution in [0.15, 0.2) is 152 Å². The first-order valence-electron chi connectivity index (χ1n) is 26.3. The van der Waals surface area contributed by atoms with E-state index in [0.717, 1.165) is 45.3 Å². The van der Waals surface area contributed by atoms with Crippen LogP contribution in [0.4, 0.5) is 0 Å². The van der Waals surface area contributed by atoms with Gasteiger partial charge in [0, 0.05) is 22.3 Å². The molecule has 0 spiro atoms. The summed E-state index contributed by atoms with van der Waals surface area (Å²) in [4.78, 5) is 0. The maximum atomic E-state index is 6.43. The molecule has 0 atom stereocenters. The summed E-state index contributed by atoms with van der Waals surface area (Å²) < 4.78 is 25.7. The zero-order valence-electron chi connectivity index (χ0n) is 40.6. The predicted octanol–water partition coefficient (Wildman–Crippen LogP) is 18.0. The van der Waals surface area contributed by atoms with Crippen LogP contribution in [0, 0.1) is 0 Å². The van der Waals surface area contributed by atoms with Crippen LogP contribution < -0.4 is 18.9 Å². The second-order valence-electron chi connectivity index (χ2n) is 19.6. The zero-order valence-corrected chi connectivity index (χ0v) is 40.6. The molecule has 4 aliphatic rings. The lowest BCUT2D eigenvalue weighted by Crippen LogP contribution is -2.20. The Balaban J connectivity index is 0.000000142. The van der Waals surface area contributed by atoms with Crippen LogP contribution in [0.25, 0.3) is 33.4 Å². The van der Waals surface area contributed by atoms with Crippen molar-refractivity contribution in [2.75, 3.05) is 0 Å². The van der Waals surface area contributed by atoms with Crippen LogP contribution in [0.1, 0.15) is 154 Å². The van der Waals surface area contributed by atoms with E-state index in [1.54, 1.807) is 0 Å². The molecule has 4 fully saturated rings. The fourth-order valence-electron chi connectivity index (χ4n) is 10.3. The molecule has 0 unspecified atom stereocenters. The molecule has 0 heterocycles. The summed E-state index contributed by atoms with van der Waals surface area (Å²) in [5.74, 6) is 4.60. The Hall–Kier alpha value is -5.48. The van der Waals surface area contributed by atoms with E-state index >= 15 is 0 Å². The lowest BCUT2D eigenvalue weighted by Gasteiger charge is -2.26. The van der Waals surface area contributed by atoms with Crippen molar-refractivity contribution in [2.45, 2.75) is 173 Å². The van der Waals surface area contributed by atoms with E-state index < -0.39 is 0 Å². The van der Waals surface area contributed by atoms with Crippen LogP contribution in [0.3, 0.4) is 0 Å². The maximum Gasteiger partial charge on any atom is 0.127 e. The molecule has 0 aromatic heterocycles. The van der Waals surface area contributed by atoms with Gasteiger partial charge in [0.2, 0.25) is 0 Å². The minimum Gasteiger partial charge on any atom is -0.490 e. The lowest BCUT2D eigenvalue weighted by atomic mass is 9.97. The van der Waals surface area contributed by atoms with Gasteiger partial charge in [-0.2, -0.15) is 0 Å². The fraction of sp³-hybridized carbons (Fsp3) is 0.429. The highest BCUT2D eigenvalue weighted by Gasteiger charge is 2.22. The molecule has 4 aliphatic carbocycles. The van der Waals surface area contributed by atoms with Crippen molar-refractivity contribution in [3.05, 3.63) is 157 Å². The highest BCUT2D eigenvalue weighted by molar-refractivity contribution is 5.77. The van der Waals surface area contributed by atoms with Crippen LogP contribution in [-0.4, -0.2) is 24.4 Å². The van der Waals surface area contributed by atoms with Crippen molar-refractivity contribution in [3.63, 3.8) is 0 Å².